The number of guanidine groups is 1. The van der Waals surface area contributed by atoms with E-state index in [4.69, 9.17) is 4.98 Å². The van der Waals surface area contributed by atoms with Crippen molar-refractivity contribution in [3.05, 3.63) is 48.3 Å². The zero-order valence-corrected chi connectivity index (χ0v) is 11.8. The quantitative estimate of drug-likeness (QED) is 0.428. The van der Waals surface area contributed by atoms with E-state index in [0.29, 0.717) is 5.96 Å². The van der Waals surface area contributed by atoms with E-state index in [0.717, 1.165) is 40.5 Å². The summed E-state index contributed by atoms with van der Waals surface area (Å²) in [6.07, 6.45) is 5.35. The number of para-hydroxylation sites is 1. The molecule has 2 N–H and O–H groups in total. The Kier molecular flexibility index (Phi) is 3.12. The lowest BCUT2D eigenvalue weighted by atomic mass is 10.1. The van der Waals surface area contributed by atoms with Crippen LogP contribution in [0.3, 0.4) is 0 Å². The van der Waals surface area contributed by atoms with Crippen molar-refractivity contribution >= 4 is 34.0 Å². The summed E-state index contributed by atoms with van der Waals surface area (Å²) in [6.45, 7) is 1.64. The smallest absolute Gasteiger partial charge is 0.212 e. The number of aromatic nitrogens is 2. The molecule has 1 aliphatic rings. The third-order valence-electron chi connectivity index (χ3n) is 3.52. The summed E-state index contributed by atoms with van der Waals surface area (Å²) in [4.78, 5) is 13.1. The van der Waals surface area contributed by atoms with E-state index in [2.05, 4.69) is 31.9 Å². The first kappa shape index (κ1) is 12.7. The topological polar surface area (TPSA) is 74.6 Å². The van der Waals surface area contributed by atoms with Gasteiger partial charge in [-0.25, -0.2) is 15.4 Å². The van der Waals surface area contributed by atoms with Gasteiger partial charge >= 0.3 is 0 Å². The molecule has 2 aromatic heterocycles. The lowest BCUT2D eigenvalue weighted by molar-refractivity contribution is 0.920. The van der Waals surface area contributed by atoms with Gasteiger partial charge in [-0.05, 0) is 12.1 Å². The number of hydrogen-bond acceptors (Lipinski definition) is 6. The maximum atomic E-state index is 4.72. The maximum Gasteiger partial charge on any atom is 0.212 e. The van der Waals surface area contributed by atoms with E-state index in [9.17, 15) is 0 Å². The second kappa shape index (κ2) is 5.40. The van der Waals surface area contributed by atoms with Crippen LogP contribution in [0.2, 0.25) is 0 Å². The molecule has 1 aromatic carbocycles. The zero-order valence-electron chi connectivity index (χ0n) is 11.8. The highest BCUT2D eigenvalue weighted by Crippen LogP contribution is 2.20. The van der Waals surface area contributed by atoms with Crippen LogP contribution in [0.5, 0.6) is 0 Å². The molecular weight excluding hydrogens is 276 g/mol. The minimum atomic E-state index is 0.709. The van der Waals surface area contributed by atoms with E-state index in [1.807, 2.05) is 30.5 Å². The molecule has 0 bridgehead atoms. The second-order valence-corrected chi connectivity index (χ2v) is 5.00. The Morgan fingerprint density at radius 1 is 1.23 bits per heavy atom. The first-order valence-corrected chi connectivity index (χ1v) is 7.11. The highest BCUT2D eigenvalue weighted by atomic mass is 15.4. The molecule has 108 valence electrons. The van der Waals surface area contributed by atoms with Gasteiger partial charge in [-0.2, -0.15) is 5.10 Å². The van der Waals surface area contributed by atoms with E-state index in [-0.39, 0.29) is 0 Å². The third-order valence-corrected chi connectivity index (χ3v) is 3.52. The number of rotatable bonds is 2. The van der Waals surface area contributed by atoms with Gasteiger partial charge < -0.3 is 5.32 Å². The summed E-state index contributed by atoms with van der Waals surface area (Å²) in [6, 6.07) is 10.1. The summed E-state index contributed by atoms with van der Waals surface area (Å²) in [7, 11) is 0. The average Bonchev–Trinajstić information content (AvgIpc) is 3.07. The van der Waals surface area contributed by atoms with E-state index < -0.39 is 0 Å². The number of hydrogen-bond donors (Lipinski definition) is 2. The predicted octanol–water partition coefficient (Wildman–Crippen LogP) is 1.67. The van der Waals surface area contributed by atoms with Crippen molar-refractivity contribution in [1.29, 1.82) is 0 Å². The maximum absolute atomic E-state index is 4.72. The Morgan fingerprint density at radius 2 is 2.23 bits per heavy atom. The van der Waals surface area contributed by atoms with Gasteiger partial charge in [0.2, 0.25) is 5.96 Å². The molecular formula is C16H14N6. The van der Waals surface area contributed by atoms with Crippen LogP contribution >= 0.6 is 0 Å². The summed E-state index contributed by atoms with van der Waals surface area (Å²) in [5.74, 6) is 0.709. The molecule has 4 rings (SSSR count). The molecule has 0 amide bonds. The minimum Gasteiger partial charge on any atom is -0.353 e. The van der Waals surface area contributed by atoms with Crippen molar-refractivity contribution in [2.75, 3.05) is 13.1 Å². The molecule has 0 fully saturated rings. The summed E-state index contributed by atoms with van der Waals surface area (Å²) < 4.78 is 0. The molecule has 0 saturated carbocycles. The number of benzene rings is 1. The van der Waals surface area contributed by atoms with Crippen molar-refractivity contribution in [3.8, 4) is 0 Å². The van der Waals surface area contributed by atoms with Crippen molar-refractivity contribution in [2.24, 2.45) is 10.1 Å². The van der Waals surface area contributed by atoms with Gasteiger partial charge in [-0.15, -0.1) is 0 Å². The minimum absolute atomic E-state index is 0.709. The molecule has 0 radical (unpaired) electrons. The number of nitrogens with one attached hydrogen (secondary N) is 2. The first-order chi connectivity index (χ1) is 10.9. The summed E-state index contributed by atoms with van der Waals surface area (Å²) in [5, 5.41) is 9.44. The zero-order chi connectivity index (χ0) is 14.8. The number of hydrazone groups is 1. The number of aliphatic imine (C=N–C) groups is 1. The number of fused-ring (bicyclic) bond motifs is 2. The van der Waals surface area contributed by atoms with Crippen molar-refractivity contribution in [2.45, 2.75) is 0 Å². The molecule has 0 atom stereocenters. The largest absolute Gasteiger partial charge is 0.353 e. The van der Waals surface area contributed by atoms with E-state index >= 15 is 0 Å². The van der Waals surface area contributed by atoms with Gasteiger partial charge in [-0.1, -0.05) is 18.2 Å². The van der Waals surface area contributed by atoms with Crippen LogP contribution in [0.4, 0.5) is 0 Å². The lowest BCUT2D eigenvalue weighted by Crippen LogP contribution is -2.30. The highest BCUT2D eigenvalue weighted by molar-refractivity contribution is 6.02. The molecule has 3 heterocycles. The Hall–Kier alpha value is -3.02. The molecule has 22 heavy (non-hydrogen) atoms. The van der Waals surface area contributed by atoms with Crippen LogP contribution in [-0.2, 0) is 0 Å². The Bertz CT molecular complexity index is 899. The van der Waals surface area contributed by atoms with Gasteiger partial charge in [-0.3, -0.25) is 4.98 Å². The molecule has 0 aliphatic carbocycles. The normalized spacial score (nSPS) is 14.5. The van der Waals surface area contributed by atoms with Crippen LogP contribution in [0, 0.1) is 0 Å². The summed E-state index contributed by atoms with van der Waals surface area (Å²) >= 11 is 0. The van der Waals surface area contributed by atoms with E-state index in [1.165, 1.54) is 0 Å². The van der Waals surface area contributed by atoms with Crippen LogP contribution in [-0.4, -0.2) is 35.2 Å². The fraction of sp³-hybridized carbons (Fsp3) is 0.125. The lowest BCUT2D eigenvalue weighted by Gasteiger charge is -2.04. The first-order valence-electron chi connectivity index (χ1n) is 7.11. The van der Waals surface area contributed by atoms with Crippen molar-refractivity contribution in [1.82, 2.24) is 20.7 Å². The third kappa shape index (κ3) is 2.35. The number of nitrogens with zero attached hydrogens (tertiary/aromatic N) is 4. The van der Waals surface area contributed by atoms with Gasteiger partial charge in [0.25, 0.3) is 0 Å². The highest BCUT2D eigenvalue weighted by Gasteiger charge is 2.04. The van der Waals surface area contributed by atoms with Gasteiger partial charge in [0, 0.05) is 35.3 Å². The summed E-state index contributed by atoms with van der Waals surface area (Å²) in [5.41, 5.74) is 5.72. The van der Waals surface area contributed by atoms with Gasteiger partial charge in [0.15, 0.2) is 0 Å². The molecule has 0 spiro atoms. The predicted molar refractivity (Wildman–Crippen MR) is 88.1 cm³/mol. The Morgan fingerprint density at radius 3 is 3.14 bits per heavy atom. The van der Waals surface area contributed by atoms with Crippen LogP contribution in [0.15, 0.2) is 52.8 Å². The molecule has 0 unspecified atom stereocenters. The monoisotopic (exact) mass is 290 g/mol. The average molecular weight is 290 g/mol. The Balaban J connectivity index is 1.73. The molecule has 6 heteroatoms. The molecule has 3 aromatic rings. The second-order valence-electron chi connectivity index (χ2n) is 5.00. The number of pyridine rings is 2. The van der Waals surface area contributed by atoms with Crippen LogP contribution in [0.25, 0.3) is 21.8 Å². The van der Waals surface area contributed by atoms with Crippen LogP contribution < -0.4 is 10.7 Å². The van der Waals surface area contributed by atoms with E-state index in [1.54, 1.807) is 12.4 Å². The fourth-order valence-corrected chi connectivity index (χ4v) is 2.47. The SMILES string of the molecule is C(=N\NC1=NCCN1)/c1cccc2cc3cnccc3nc12. The van der Waals surface area contributed by atoms with Crippen LogP contribution in [0.1, 0.15) is 5.56 Å². The van der Waals surface area contributed by atoms with Crippen molar-refractivity contribution in [3.63, 3.8) is 0 Å². The fourth-order valence-electron chi connectivity index (χ4n) is 2.47. The standard InChI is InChI=1S/C16H14N6/c1-2-11-8-13-9-17-5-4-14(13)21-15(11)12(3-1)10-20-22-16-18-6-7-19-16/h1-5,8-10H,6-7H2,(H2,18,19,22)/b20-10+. The Labute approximate surface area is 127 Å². The van der Waals surface area contributed by atoms with Gasteiger partial charge in [0.1, 0.15) is 0 Å². The molecule has 1 aliphatic heterocycles. The van der Waals surface area contributed by atoms with Crippen molar-refractivity contribution < 1.29 is 0 Å². The van der Waals surface area contributed by atoms with Gasteiger partial charge in [0.05, 0.1) is 23.8 Å². The molecule has 6 nitrogen and oxygen atoms in total. The molecule has 0 saturated heterocycles.